The zero-order valence-corrected chi connectivity index (χ0v) is 13.2. The second-order valence-electron chi connectivity index (χ2n) is 5.89. The van der Waals surface area contributed by atoms with E-state index in [4.69, 9.17) is 12.2 Å². The Balaban J connectivity index is 2.14. The predicted octanol–water partition coefficient (Wildman–Crippen LogP) is 4.93. The Morgan fingerprint density at radius 1 is 1.00 bits per heavy atom. The van der Waals surface area contributed by atoms with Crippen LogP contribution in [0.1, 0.15) is 26.3 Å². The molecular formula is C17H19FN2S. The monoisotopic (exact) mass is 302 g/mol. The lowest BCUT2D eigenvalue weighted by atomic mass is 9.86. The molecule has 2 aromatic rings. The fourth-order valence-corrected chi connectivity index (χ4v) is 2.32. The topological polar surface area (TPSA) is 24.1 Å². The summed E-state index contributed by atoms with van der Waals surface area (Å²) in [7, 11) is 0. The zero-order chi connectivity index (χ0) is 15.5. The number of halogens is 1. The van der Waals surface area contributed by atoms with E-state index < -0.39 is 0 Å². The molecule has 0 amide bonds. The lowest BCUT2D eigenvalue weighted by Gasteiger charge is -2.23. The van der Waals surface area contributed by atoms with Gasteiger partial charge in [0.2, 0.25) is 0 Å². The molecule has 2 aromatic carbocycles. The van der Waals surface area contributed by atoms with Crippen LogP contribution in [-0.4, -0.2) is 5.11 Å². The summed E-state index contributed by atoms with van der Waals surface area (Å²) in [4.78, 5) is 0. The van der Waals surface area contributed by atoms with Crippen LogP contribution in [0.3, 0.4) is 0 Å². The fourth-order valence-electron chi connectivity index (χ4n) is 2.10. The lowest BCUT2D eigenvalue weighted by molar-refractivity contribution is 0.592. The summed E-state index contributed by atoms with van der Waals surface area (Å²) in [6.45, 7) is 6.45. The van der Waals surface area contributed by atoms with Gasteiger partial charge in [-0.2, -0.15) is 0 Å². The van der Waals surface area contributed by atoms with Crippen LogP contribution >= 0.6 is 12.2 Å². The molecule has 0 aliphatic rings. The highest BCUT2D eigenvalue weighted by atomic mass is 32.1. The molecular weight excluding hydrogens is 283 g/mol. The van der Waals surface area contributed by atoms with Gasteiger partial charge in [-0.25, -0.2) is 4.39 Å². The number of para-hydroxylation sites is 1. The lowest BCUT2D eigenvalue weighted by Crippen LogP contribution is -2.22. The minimum atomic E-state index is -0.294. The van der Waals surface area contributed by atoms with Crippen molar-refractivity contribution in [3.63, 3.8) is 0 Å². The summed E-state index contributed by atoms with van der Waals surface area (Å²) in [6, 6.07) is 14.3. The van der Waals surface area contributed by atoms with Crippen molar-refractivity contribution in [3.05, 3.63) is 59.9 Å². The minimum absolute atomic E-state index is 0.0120. The molecule has 2 nitrogen and oxygen atoms in total. The molecule has 2 N–H and O–H groups in total. The van der Waals surface area contributed by atoms with Crippen molar-refractivity contribution in [2.24, 2.45) is 0 Å². The number of benzene rings is 2. The Bertz CT molecular complexity index is 647. The molecule has 0 unspecified atom stereocenters. The first-order chi connectivity index (χ1) is 9.86. The SMILES string of the molecule is CC(C)(C)c1ccccc1NC(=S)Nc1cccc(F)c1. The highest BCUT2D eigenvalue weighted by molar-refractivity contribution is 7.80. The van der Waals surface area contributed by atoms with Crippen molar-refractivity contribution < 1.29 is 4.39 Å². The largest absolute Gasteiger partial charge is 0.332 e. The van der Waals surface area contributed by atoms with Gasteiger partial charge in [0.05, 0.1) is 0 Å². The average molecular weight is 302 g/mol. The maximum absolute atomic E-state index is 13.2. The van der Waals surface area contributed by atoms with Gasteiger partial charge < -0.3 is 10.6 Å². The molecule has 110 valence electrons. The fraction of sp³-hybridized carbons (Fsp3) is 0.235. The number of hydrogen-bond acceptors (Lipinski definition) is 1. The summed E-state index contributed by atoms with van der Waals surface area (Å²) in [5.41, 5.74) is 2.77. The Morgan fingerprint density at radius 3 is 2.38 bits per heavy atom. The van der Waals surface area contributed by atoms with Crippen molar-refractivity contribution in [2.75, 3.05) is 10.6 Å². The quantitative estimate of drug-likeness (QED) is 0.769. The maximum atomic E-state index is 13.2. The number of rotatable bonds is 2. The first-order valence-corrected chi connectivity index (χ1v) is 7.20. The van der Waals surface area contributed by atoms with Crippen LogP contribution in [0, 0.1) is 5.82 Å². The van der Waals surface area contributed by atoms with E-state index in [1.807, 2.05) is 18.2 Å². The van der Waals surface area contributed by atoms with E-state index in [0.29, 0.717) is 10.8 Å². The summed E-state index contributed by atoms with van der Waals surface area (Å²) in [5.74, 6) is -0.294. The molecule has 4 heteroatoms. The van der Waals surface area contributed by atoms with Crippen LogP contribution < -0.4 is 10.6 Å². The van der Waals surface area contributed by atoms with Crippen molar-refractivity contribution >= 4 is 28.7 Å². The van der Waals surface area contributed by atoms with E-state index >= 15 is 0 Å². The van der Waals surface area contributed by atoms with E-state index in [0.717, 1.165) is 5.69 Å². The van der Waals surface area contributed by atoms with Gasteiger partial charge in [0, 0.05) is 11.4 Å². The van der Waals surface area contributed by atoms with Crippen LogP contribution in [0.2, 0.25) is 0 Å². The van der Waals surface area contributed by atoms with Crippen LogP contribution in [0.5, 0.6) is 0 Å². The molecule has 0 heterocycles. The highest BCUT2D eigenvalue weighted by Gasteiger charge is 2.17. The van der Waals surface area contributed by atoms with Crippen molar-refractivity contribution in [1.29, 1.82) is 0 Å². The van der Waals surface area contributed by atoms with Gasteiger partial charge in [0.25, 0.3) is 0 Å². The first-order valence-electron chi connectivity index (χ1n) is 6.79. The molecule has 0 aliphatic heterocycles. The van der Waals surface area contributed by atoms with E-state index in [2.05, 4.69) is 37.5 Å². The number of nitrogens with one attached hydrogen (secondary N) is 2. The van der Waals surface area contributed by atoms with Crippen LogP contribution in [0.4, 0.5) is 15.8 Å². The Kier molecular flexibility index (Phi) is 4.58. The maximum Gasteiger partial charge on any atom is 0.175 e. The van der Waals surface area contributed by atoms with Crippen molar-refractivity contribution in [2.45, 2.75) is 26.2 Å². The summed E-state index contributed by atoms with van der Waals surface area (Å²) in [6.07, 6.45) is 0. The minimum Gasteiger partial charge on any atom is -0.332 e. The number of hydrogen-bond donors (Lipinski definition) is 2. The molecule has 0 fully saturated rings. The standard InChI is InChI=1S/C17H19FN2S/c1-17(2,3)14-9-4-5-10-15(14)20-16(21)19-13-8-6-7-12(18)11-13/h4-11H,1-3H3,(H2,19,20,21). The molecule has 21 heavy (non-hydrogen) atoms. The Morgan fingerprint density at radius 2 is 1.71 bits per heavy atom. The van der Waals surface area contributed by atoms with Crippen LogP contribution in [0.25, 0.3) is 0 Å². The smallest absolute Gasteiger partial charge is 0.175 e. The molecule has 0 radical (unpaired) electrons. The van der Waals surface area contributed by atoms with Gasteiger partial charge in [-0.3, -0.25) is 0 Å². The van der Waals surface area contributed by atoms with E-state index in [-0.39, 0.29) is 11.2 Å². The molecule has 0 spiro atoms. The van der Waals surface area contributed by atoms with E-state index in [9.17, 15) is 4.39 Å². The summed E-state index contributed by atoms with van der Waals surface area (Å²) in [5, 5.41) is 6.62. The Hall–Kier alpha value is -1.94. The molecule has 0 atom stereocenters. The van der Waals surface area contributed by atoms with Crippen LogP contribution in [0.15, 0.2) is 48.5 Å². The van der Waals surface area contributed by atoms with Gasteiger partial charge in [0.15, 0.2) is 5.11 Å². The summed E-state index contributed by atoms with van der Waals surface area (Å²) >= 11 is 5.30. The second-order valence-corrected chi connectivity index (χ2v) is 6.29. The van der Waals surface area contributed by atoms with Gasteiger partial charge in [-0.15, -0.1) is 0 Å². The number of thiocarbonyl (C=S) groups is 1. The van der Waals surface area contributed by atoms with Gasteiger partial charge in [-0.05, 0) is 47.5 Å². The van der Waals surface area contributed by atoms with E-state index in [1.54, 1.807) is 12.1 Å². The van der Waals surface area contributed by atoms with Crippen molar-refractivity contribution in [3.8, 4) is 0 Å². The molecule has 0 aliphatic carbocycles. The average Bonchev–Trinajstić information content (AvgIpc) is 2.37. The third-order valence-electron chi connectivity index (χ3n) is 3.07. The third kappa shape index (κ3) is 4.26. The molecule has 2 rings (SSSR count). The van der Waals surface area contributed by atoms with Crippen molar-refractivity contribution in [1.82, 2.24) is 0 Å². The van der Waals surface area contributed by atoms with Gasteiger partial charge >= 0.3 is 0 Å². The zero-order valence-electron chi connectivity index (χ0n) is 12.4. The Labute approximate surface area is 130 Å². The molecule has 0 bridgehead atoms. The highest BCUT2D eigenvalue weighted by Crippen LogP contribution is 2.29. The van der Waals surface area contributed by atoms with Gasteiger partial charge in [-0.1, -0.05) is 45.0 Å². The molecule has 0 saturated heterocycles. The third-order valence-corrected chi connectivity index (χ3v) is 3.27. The predicted molar refractivity (Wildman–Crippen MR) is 91.4 cm³/mol. The van der Waals surface area contributed by atoms with Gasteiger partial charge in [0.1, 0.15) is 5.82 Å². The normalized spacial score (nSPS) is 11.0. The molecule has 0 saturated carbocycles. The van der Waals surface area contributed by atoms with Crippen LogP contribution in [-0.2, 0) is 5.41 Å². The second kappa shape index (κ2) is 6.22. The summed E-state index contributed by atoms with van der Waals surface area (Å²) < 4.78 is 13.2. The number of anilines is 2. The molecule has 0 aromatic heterocycles. The first kappa shape index (κ1) is 15.4. The van der Waals surface area contributed by atoms with E-state index in [1.165, 1.54) is 17.7 Å².